The number of carboxylic acids is 1. The van der Waals surface area contributed by atoms with Crippen LogP contribution in [0.1, 0.15) is 44.3 Å². The highest BCUT2D eigenvalue weighted by atomic mass is 32.1. The van der Waals surface area contributed by atoms with Crippen molar-refractivity contribution in [2.75, 3.05) is 6.54 Å². The molecule has 6 nitrogen and oxygen atoms in total. The maximum absolute atomic E-state index is 12.0. The van der Waals surface area contributed by atoms with Gasteiger partial charge in [-0.05, 0) is 46.5 Å². The van der Waals surface area contributed by atoms with Crippen LogP contribution in [0.3, 0.4) is 0 Å². The van der Waals surface area contributed by atoms with Crippen LogP contribution in [0.5, 0.6) is 0 Å². The van der Waals surface area contributed by atoms with E-state index < -0.39 is 23.1 Å². The number of rotatable bonds is 6. The molecule has 1 aromatic heterocycles. The molecule has 0 spiro atoms. The molecular formula is C16H24N2O4S. The van der Waals surface area contributed by atoms with Gasteiger partial charge in [0, 0.05) is 24.0 Å². The maximum Gasteiger partial charge on any atom is 0.407 e. The van der Waals surface area contributed by atoms with Crippen molar-refractivity contribution in [3.63, 3.8) is 0 Å². The van der Waals surface area contributed by atoms with Crippen LogP contribution in [0, 0.1) is 18.3 Å². The Bertz CT molecular complexity index is 589. The fraction of sp³-hybridized carbons (Fsp3) is 0.688. The van der Waals surface area contributed by atoms with Crippen molar-refractivity contribution < 1.29 is 19.4 Å². The number of hydrogen-bond donors (Lipinski definition) is 2. The van der Waals surface area contributed by atoms with Crippen molar-refractivity contribution in [2.24, 2.45) is 11.3 Å². The normalized spacial score (nSPS) is 17.4. The van der Waals surface area contributed by atoms with Crippen LogP contribution in [0.2, 0.25) is 0 Å². The van der Waals surface area contributed by atoms with E-state index in [-0.39, 0.29) is 12.5 Å². The minimum absolute atomic E-state index is 0.0561. The van der Waals surface area contributed by atoms with Crippen LogP contribution in [-0.2, 0) is 16.0 Å². The van der Waals surface area contributed by atoms with Gasteiger partial charge in [-0.25, -0.2) is 9.78 Å². The minimum atomic E-state index is -1.01. The van der Waals surface area contributed by atoms with E-state index in [2.05, 4.69) is 10.3 Å². The standard InChI is InChI=1S/C16H24N2O4S/c1-10-8-23-12(18-10)7-16(13(19)20,11-5-6-11)9-17-14(21)22-15(2,3)4/h8,11H,5-7,9H2,1-4H3,(H,17,21)(H,19,20). The molecule has 7 heteroatoms. The van der Waals surface area contributed by atoms with Gasteiger partial charge in [0.25, 0.3) is 0 Å². The summed E-state index contributed by atoms with van der Waals surface area (Å²) in [6, 6.07) is 0. The molecule has 2 rings (SSSR count). The number of thiazole rings is 1. The van der Waals surface area contributed by atoms with Crippen LogP contribution >= 0.6 is 11.3 Å². The zero-order valence-electron chi connectivity index (χ0n) is 14.0. The first-order valence-electron chi connectivity index (χ1n) is 7.74. The summed E-state index contributed by atoms with van der Waals surface area (Å²) in [6.45, 7) is 7.27. The lowest BCUT2D eigenvalue weighted by Gasteiger charge is -2.29. The van der Waals surface area contributed by atoms with Crippen molar-refractivity contribution in [3.8, 4) is 0 Å². The Morgan fingerprint density at radius 3 is 2.52 bits per heavy atom. The quantitative estimate of drug-likeness (QED) is 0.831. The second kappa shape index (κ2) is 6.47. The van der Waals surface area contributed by atoms with Crippen LogP contribution in [-0.4, -0.2) is 34.3 Å². The van der Waals surface area contributed by atoms with Gasteiger partial charge in [-0.3, -0.25) is 4.79 Å². The van der Waals surface area contributed by atoms with Gasteiger partial charge < -0.3 is 15.2 Å². The van der Waals surface area contributed by atoms with Crippen LogP contribution in [0.15, 0.2) is 5.38 Å². The van der Waals surface area contributed by atoms with E-state index in [9.17, 15) is 14.7 Å². The molecule has 1 aliphatic carbocycles. The second-order valence-electron chi connectivity index (χ2n) is 7.15. The number of aromatic nitrogens is 1. The molecule has 1 fully saturated rings. The Hall–Kier alpha value is -1.63. The van der Waals surface area contributed by atoms with Gasteiger partial charge in [0.15, 0.2) is 0 Å². The Kier molecular flexibility index (Phi) is 4.98. The van der Waals surface area contributed by atoms with Crippen molar-refractivity contribution in [2.45, 2.75) is 52.6 Å². The zero-order valence-corrected chi connectivity index (χ0v) is 14.8. The van der Waals surface area contributed by atoms with E-state index in [4.69, 9.17) is 4.74 Å². The number of carboxylic acid groups (broad SMARTS) is 1. The van der Waals surface area contributed by atoms with Crippen molar-refractivity contribution in [3.05, 3.63) is 16.1 Å². The summed E-state index contributed by atoms with van der Waals surface area (Å²) in [5, 5.41) is 15.2. The number of hydrogen-bond acceptors (Lipinski definition) is 5. The van der Waals surface area contributed by atoms with Crippen LogP contribution < -0.4 is 5.32 Å². The molecule has 23 heavy (non-hydrogen) atoms. The molecule has 0 saturated heterocycles. The van der Waals surface area contributed by atoms with Gasteiger partial charge in [0.2, 0.25) is 0 Å². The highest BCUT2D eigenvalue weighted by molar-refractivity contribution is 7.09. The summed E-state index contributed by atoms with van der Waals surface area (Å²) in [4.78, 5) is 28.3. The third kappa shape index (κ3) is 4.67. The molecule has 1 aliphatic rings. The molecule has 0 aromatic carbocycles. The molecule has 1 aromatic rings. The maximum atomic E-state index is 12.0. The second-order valence-corrected chi connectivity index (χ2v) is 8.09. The number of alkyl carbamates (subject to hydrolysis) is 1. The summed E-state index contributed by atoms with van der Waals surface area (Å²) < 4.78 is 5.21. The van der Waals surface area contributed by atoms with Gasteiger partial charge in [-0.2, -0.15) is 0 Å². The van der Waals surface area contributed by atoms with Gasteiger partial charge in [0.05, 0.1) is 10.4 Å². The van der Waals surface area contributed by atoms with E-state index >= 15 is 0 Å². The number of carbonyl (C=O) groups is 2. The molecule has 0 radical (unpaired) electrons. The SMILES string of the molecule is Cc1csc(CC(CNC(=O)OC(C)(C)C)(C(=O)O)C2CC2)n1. The topological polar surface area (TPSA) is 88.5 Å². The average Bonchev–Trinajstić information content (AvgIpc) is 3.17. The molecule has 0 bridgehead atoms. The van der Waals surface area contributed by atoms with Crippen molar-refractivity contribution in [1.29, 1.82) is 0 Å². The molecule has 1 unspecified atom stereocenters. The Morgan fingerprint density at radius 1 is 1.43 bits per heavy atom. The smallest absolute Gasteiger partial charge is 0.407 e. The summed E-state index contributed by atoms with van der Waals surface area (Å²) in [5.74, 6) is -0.817. The van der Waals surface area contributed by atoms with Crippen molar-refractivity contribution in [1.82, 2.24) is 10.3 Å². The lowest BCUT2D eigenvalue weighted by Crippen LogP contribution is -2.47. The summed E-state index contributed by atoms with van der Waals surface area (Å²) >= 11 is 1.46. The predicted molar refractivity (Wildman–Crippen MR) is 87.6 cm³/mol. The monoisotopic (exact) mass is 340 g/mol. The molecule has 0 aliphatic heterocycles. The van der Waals surface area contributed by atoms with E-state index in [0.29, 0.717) is 6.42 Å². The zero-order chi connectivity index (χ0) is 17.3. The lowest BCUT2D eigenvalue weighted by molar-refractivity contribution is -0.150. The van der Waals surface area contributed by atoms with E-state index in [1.54, 1.807) is 20.8 Å². The van der Waals surface area contributed by atoms with E-state index in [1.165, 1.54) is 11.3 Å². The molecule has 1 atom stereocenters. The van der Waals surface area contributed by atoms with Gasteiger partial charge >= 0.3 is 12.1 Å². The Balaban J connectivity index is 2.11. The highest BCUT2D eigenvalue weighted by Gasteiger charge is 2.52. The largest absolute Gasteiger partial charge is 0.481 e. The van der Waals surface area contributed by atoms with Gasteiger partial charge in [0.1, 0.15) is 5.60 Å². The Labute approximate surface area is 140 Å². The first-order chi connectivity index (χ1) is 10.6. The summed E-state index contributed by atoms with van der Waals surface area (Å²) in [5.41, 5.74) is -0.733. The summed E-state index contributed by atoms with van der Waals surface area (Å²) in [6.07, 6.45) is 1.49. The number of carbonyl (C=O) groups excluding carboxylic acids is 1. The molecule has 1 heterocycles. The third-order valence-electron chi connectivity index (χ3n) is 3.87. The van der Waals surface area contributed by atoms with Crippen LogP contribution in [0.4, 0.5) is 4.79 Å². The molecule has 2 N–H and O–H groups in total. The van der Waals surface area contributed by atoms with Gasteiger partial charge in [-0.1, -0.05) is 0 Å². The number of aryl methyl sites for hydroxylation is 1. The number of aliphatic carboxylic acids is 1. The average molecular weight is 340 g/mol. The van der Waals surface area contributed by atoms with Gasteiger partial charge in [-0.15, -0.1) is 11.3 Å². The molecule has 1 saturated carbocycles. The first kappa shape index (κ1) is 17.7. The lowest BCUT2D eigenvalue weighted by atomic mass is 9.79. The Morgan fingerprint density at radius 2 is 2.09 bits per heavy atom. The first-order valence-corrected chi connectivity index (χ1v) is 8.61. The fourth-order valence-electron chi connectivity index (χ4n) is 2.61. The fourth-order valence-corrected chi connectivity index (χ4v) is 3.51. The number of amides is 1. The number of ether oxygens (including phenoxy) is 1. The summed E-state index contributed by atoms with van der Waals surface area (Å²) in [7, 11) is 0. The minimum Gasteiger partial charge on any atom is -0.481 e. The third-order valence-corrected chi connectivity index (χ3v) is 4.83. The molecular weight excluding hydrogens is 316 g/mol. The van der Waals surface area contributed by atoms with Crippen LogP contribution in [0.25, 0.3) is 0 Å². The highest BCUT2D eigenvalue weighted by Crippen LogP contribution is 2.48. The predicted octanol–water partition coefficient (Wildman–Crippen LogP) is 3.00. The van der Waals surface area contributed by atoms with E-state index in [0.717, 1.165) is 23.5 Å². The number of nitrogens with zero attached hydrogens (tertiary/aromatic N) is 1. The molecule has 128 valence electrons. The van der Waals surface area contributed by atoms with E-state index in [1.807, 2.05) is 12.3 Å². The van der Waals surface area contributed by atoms with Crippen molar-refractivity contribution >= 4 is 23.4 Å². The number of nitrogens with one attached hydrogen (secondary N) is 1. The molecule has 1 amide bonds.